The summed E-state index contributed by atoms with van der Waals surface area (Å²) < 4.78 is 7.54. The van der Waals surface area contributed by atoms with Gasteiger partial charge in [-0.3, -0.25) is 4.79 Å². The summed E-state index contributed by atoms with van der Waals surface area (Å²) in [6.07, 6.45) is 3.39. The average Bonchev–Trinajstić information content (AvgIpc) is 3.07. The molecule has 3 aromatic rings. The molecule has 0 saturated carbocycles. The molecule has 0 spiro atoms. The molecule has 0 aliphatic carbocycles. The van der Waals surface area contributed by atoms with Crippen molar-refractivity contribution in [1.29, 1.82) is 0 Å². The Hall–Kier alpha value is -2.01. The van der Waals surface area contributed by atoms with E-state index in [1.165, 1.54) is 10.9 Å². The molecular formula is C22H22Cl2N2O2. The van der Waals surface area contributed by atoms with Gasteiger partial charge in [0.2, 0.25) is 5.91 Å². The van der Waals surface area contributed by atoms with Crippen LogP contribution >= 0.6 is 23.2 Å². The predicted molar refractivity (Wildman–Crippen MR) is 113 cm³/mol. The molecule has 2 heterocycles. The number of benzene rings is 2. The largest absolute Gasteiger partial charge is 0.378 e. The van der Waals surface area contributed by atoms with Crippen LogP contribution in [0.2, 0.25) is 10.0 Å². The molecule has 4 nitrogen and oxygen atoms in total. The van der Waals surface area contributed by atoms with Gasteiger partial charge in [-0.1, -0.05) is 47.5 Å². The summed E-state index contributed by atoms with van der Waals surface area (Å²) in [6, 6.07) is 14.0. The third kappa shape index (κ3) is 4.19. The highest BCUT2D eigenvalue weighted by Crippen LogP contribution is 2.26. The van der Waals surface area contributed by atoms with Gasteiger partial charge < -0.3 is 14.2 Å². The minimum Gasteiger partial charge on any atom is -0.378 e. The maximum absolute atomic E-state index is 12.5. The SMILES string of the molecule is O=C(CCc1cn(Cc2ccc(Cl)c(Cl)c2)c2ccccc12)N1CCOCC1. The lowest BCUT2D eigenvalue weighted by Crippen LogP contribution is -2.40. The molecule has 1 saturated heterocycles. The van der Waals surface area contributed by atoms with Gasteiger partial charge in [-0.25, -0.2) is 0 Å². The molecule has 0 N–H and O–H groups in total. The van der Waals surface area contributed by atoms with Crippen LogP contribution in [-0.2, 0) is 22.5 Å². The highest BCUT2D eigenvalue weighted by molar-refractivity contribution is 6.42. The number of fused-ring (bicyclic) bond motifs is 1. The van der Waals surface area contributed by atoms with Crippen LogP contribution in [0.1, 0.15) is 17.5 Å². The molecule has 1 amide bonds. The molecule has 1 fully saturated rings. The Morgan fingerprint density at radius 2 is 1.82 bits per heavy atom. The normalized spacial score (nSPS) is 14.6. The minimum absolute atomic E-state index is 0.199. The van der Waals surface area contributed by atoms with Crippen LogP contribution in [-0.4, -0.2) is 41.7 Å². The Bertz CT molecular complexity index is 993. The summed E-state index contributed by atoms with van der Waals surface area (Å²) in [6.45, 7) is 3.36. The number of carbonyl (C=O) groups is 1. The van der Waals surface area contributed by atoms with Crippen molar-refractivity contribution in [2.45, 2.75) is 19.4 Å². The highest BCUT2D eigenvalue weighted by Gasteiger charge is 2.17. The molecule has 0 radical (unpaired) electrons. The third-order valence-corrected chi connectivity index (χ3v) is 5.92. The van der Waals surface area contributed by atoms with Crippen LogP contribution < -0.4 is 0 Å². The summed E-state index contributed by atoms with van der Waals surface area (Å²) in [7, 11) is 0. The molecule has 1 aliphatic heterocycles. The van der Waals surface area contributed by atoms with E-state index in [9.17, 15) is 4.79 Å². The first-order valence-electron chi connectivity index (χ1n) is 9.48. The van der Waals surface area contributed by atoms with E-state index in [1.807, 2.05) is 35.2 Å². The number of para-hydroxylation sites is 1. The van der Waals surface area contributed by atoms with E-state index >= 15 is 0 Å². The number of hydrogen-bond donors (Lipinski definition) is 0. The van der Waals surface area contributed by atoms with Gasteiger partial charge >= 0.3 is 0 Å². The monoisotopic (exact) mass is 416 g/mol. The van der Waals surface area contributed by atoms with Crippen LogP contribution in [0.5, 0.6) is 0 Å². The van der Waals surface area contributed by atoms with Gasteiger partial charge in [0.1, 0.15) is 0 Å². The van der Waals surface area contributed by atoms with Gasteiger partial charge in [0.25, 0.3) is 0 Å². The fourth-order valence-corrected chi connectivity index (χ4v) is 4.02. The number of morpholine rings is 1. The molecule has 1 aliphatic rings. The van der Waals surface area contributed by atoms with Crippen molar-refractivity contribution in [3.63, 3.8) is 0 Å². The fraction of sp³-hybridized carbons (Fsp3) is 0.318. The lowest BCUT2D eigenvalue weighted by molar-refractivity contribution is -0.135. The number of nitrogens with zero attached hydrogens (tertiary/aromatic N) is 2. The van der Waals surface area contributed by atoms with Gasteiger partial charge in [-0.15, -0.1) is 0 Å². The second-order valence-electron chi connectivity index (χ2n) is 7.04. The number of carbonyl (C=O) groups excluding carboxylic acids is 1. The fourth-order valence-electron chi connectivity index (χ4n) is 3.70. The van der Waals surface area contributed by atoms with Gasteiger partial charge in [0.05, 0.1) is 23.3 Å². The van der Waals surface area contributed by atoms with Crippen LogP contribution in [0, 0.1) is 0 Å². The molecule has 0 unspecified atom stereocenters. The predicted octanol–water partition coefficient (Wildman–Crippen LogP) is 4.79. The zero-order valence-electron chi connectivity index (χ0n) is 15.5. The Morgan fingerprint density at radius 3 is 2.61 bits per heavy atom. The van der Waals surface area contributed by atoms with Gasteiger partial charge in [0, 0.05) is 43.2 Å². The molecule has 6 heteroatoms. The maximum Gasteiger partial charge on any atom is 0.223 e. The van der Waals surface area contributed by atoms with Crippen LogP contribution in [0.15, 0.2) is 48.7 Å². The van der Waals surface area contributed by atoms with Crippen LogP contribution in [0.4, 0.5) is 0 Å². The first-order chi connectivity index (χ1) is 13.6. The highest BCUT2D eigenvalue weighted by atomic mass is 35.5. The van der Waals surface area contributed by atoms with E-state index in [4.69, 9.17) is 27.9 Å². The van der Waals surface area contributed by atoms with Crippen molar-refractivity contribution < 1.29 is 9.53 Å². The lowest BCUT2D eigenvalue weighted by Gasteiger charge is -2.26. The number of aryl methyl sites for hydroxylation is 1. The van der Waals surface area contributed by atoms with E-state index < -0.39 is 0 Å². The first kappa shape index (κ1) is 19.3. The smallest absolute Gasteiger partial charge is 0.223 e. The molecular weight excluding hydrogens is 395 g/mol. The maximum atomic E-state index is 12.5. The Morgan fingerprint density at radius 1 is 1.04 bits per heavy atom. The molecule has 28 heavy (non-hydrogen) atoms. The summed E-state index contributed by atoms with van der Waals surface area (Å²) >= 11 is 12.2. The number of rotatable bonds is 5. The Kier molecular flexibility index (Phi) is 5.90. The standard InChI is InChI=1S/C22H22Cl2N2O2/c23-19-7-5-16(13-20(19)24)14-26-15-17(18-3-1-2-4-21(18)26)6-8-22(27)25-9-11-28-12-10-25/h1-5,7,13,15H,6,8-12,14H2. The van der Waals surface area contributed by atoms with E-state index in [0.29, 0.717) is 49.3 Å². The number of ether oxygens (including phenoxy) is 1. The number of hydrogen-bond acceptors (Lipinski definition) is 2. The van der Waals surface area contributed by atoms with Crippen molar-refractivity contribution in [3.05, 3.63) is 69.8 Å². The number of amides is 1. The van der Waals surface area contributed by atoms with Crippen molar-refractivity contribution in [3.8, 4) is 0 Å². The molecule has 4 rings (SSSR count). The van der Waals surface area contributed by atoms with Crippen molar-refractivity contribution in [1.82, 2.24) is 9.47 Å². The topological polar surface area (TPSA) is 34.5 Å². The second kappa shape index (κ2) is 8.56. The molecule has 2 aromatic carbocycles. The first-order valence-corrected chi connectivity index (χ1v) is 10.2. The van der Waals surface area contributed by atoms with E-state index in [0.717, 1.165) is 17.5 Å². The van der Waals surface area contributed by atoms with Gasteiger partial charge in [-0.05, 0) is 35.7 Å². The van der Waals surface area contributed by atoms with Crippen molar-refractivity contribution in [2.24, 2.45) is 0 Å². The van der Waals surface area contributed by atoms with Crippen molar-refractivity contribution >= 4 is 40.0 Å². The van der Waals surface area contributed by atoms with Gasteiger partial charge in [-0.2, -0.15) is 0 Å². The van der Waals surface area contributed by atoms with Crippen LogP contribution in [0.3, 0.4) is 0 Å². The Balaban J connectivity index is 1.54. The Labute approximate surface area is 174 Å². The number of aromatic nitrogens is 1. The van der Waals surface area contributed by atoms with E-state index in [2.05, 4.69) is 22.9 Å². The lowest BCUT2D eigenvalue weighted by atomic mass is 10.1. The zero-order valence-corrected chi connectivity index (χ0v) is 17.0. The third-order valence-electron chi connectivity index (χ3n) is 5.18. The van der Waals surface area contributed by atoms with E-state index in [-0.39, 0.29) is 5.91 Å². The summed E-state index contributed by atoms with van der Waals surface area (Å²) in [4.78, 5) is 14.4. The summed E-state index contributed by atoms with van der Waals surface area (Å²) in [5, 5.41) is 2.31. The molecule has 146 valence electrons. The van der Waals surface area contributed by atoms with E-state index in [1.54, 1.807) is 0 Å². The van der Waals surface area contributed by atoms with Gasteiger partial charge in [0.15, 0.2) is 0 Å². The molecule has 1 aromatic heterocycles. The quantitative estimate of drug-likeness (QED) is 0.599. The summed E-state index contributed by atoms with van der Waals surface area (Å²) in [5.41, 5.74) is 3.44. The zero-order chi connectivity index (χ0) is 19.5. The number of halogens is 2. The minimum atomic E-state index is 0.199. The van der Waals surface area contributed by atoms with Crippen LogP contribution in [0.25, 0.3) is 10.9 Å². The second-order valence-corrected chi connectivity index (χ2v) is 7.86. The molecule has 0 bridgehead atoms. The van der Waals surface area contributed by atoms with Crippen molar-refractivity contribution in [2.75, 3.05) is 26.3 Å². The average molecular weight is 417 g/mol. The summed E-state index contributed by atoms with van der Waals surface area (Å²) in [5.74, 6) is 0.199. The molecule has 0 atom stereocenters.